The van der Waals surface area contributed by atoms with Gasteiger partial charge in [-0.15, -0.1) is 0 Å². The second-order valence-electron chi connectivity index (χ2n) is 7.02. The third-order valence-electron chi connectivity index (χ3n) is 5.21. The van der Waals surface area contributed by atoms with Crippen molar-refractivity contribution in [3.8, 4) is 5.75 Å². The summed E-state index contributed by atoms with van der Waals surface area (Å²) in [5.74, 6) is 1.90. The predicted octanol–water partition coefficient (Wildman–Crippen LogP) is 5.60. The number of benzene rings is 2. The molecule has 3 rings (SSSR count). The van der Waals surface area contributed by atoms with Crippen LogP contribution in [-0.4, -0.2) is 18.3 Å². The lowest BCUT2D eigenvalue weighted by Crippen LogP contribution is -2.17. The van der Waals surface area contributed by atoms with Crippen molar-refractivity contribution < 1.29 is 9.84 Å². The smallest absolute Gasteiger partial charge is 0.119 e. The van der Waals surface area contributed by atoms with Crippen LogP contribution in [0.2, 0.25) is 5.02 Å². The van der Waals surface area contributed by atoms with Crippen LogP contribution in [0, 0.1) is 5.92 Å². The van der Waals surface area contributed by atoms with Gasteiger partial charge in [-0.05, 0) is 79.3 Å². The molecule has 1 aliphatic rings. The van der Waals surface area contributed by atoms with Gasteiger partial charge in [0.05, 0.1) is 6.61 Å². The summed E-state index contributed by atoms with van der Waals surface area (Å²) in [6.07, 6.45) is 5.48. The van der Waals surface area contributed by atoms with Gasteiger partial charge in [0.2, 0.25) is 0 Å². The minimum absolute atomic E-state index is 0.309. The summed E-state index contributed by atoms with van der Waals surface area (Å²) in [5, 5.41) is 10.3. The lowest BCUT2D eigenvalue weighted by Gasteiger charge is -2.28. The number of aliphatic hydroxyl groups excluding tert-OH is 1. The van der Waals surface area contributed by atoms with Gasteiger partial charge in [0.1, 0.15) is 5.75 Å². The monoisotopic (exact) mass is 358 g/mol. The molecule has 0 spiro atoms. The summed E-state index contributed by atoms with van der Waals surface area (Å²) >= 11 is 6.46. The summed E-state index contributed by atoms with van der Waals surface area (Å²) in [5.41, 5.74) is 3.78. The Morgan fingerprint density at radius 2 is 1.92 bits per heavy atom. The van der Waals surface area contributed by atoms with Crippen molar-refractivity contribution in [1.29, 1.82) is 0 Å². The zero-order valence-corrected chi connectivity index (χ0v) is 15.6. The molecule has 2 aromatic carbocycles. The average Bonchev–Trinajstić information content (AvgIpc) is 2.65. The molecular weight excluding hydrogens is 332 g/mol. The number of hydrogen-bond donors (Lipinski definition) is 1. The lowest BCUT2D eigenvalue weighted by molar-refractivity contribution is 0.180. The molecule has 2 atom stereocenters. The molecule has 0 bridgehead atoms. The first-order chi connectivity index (χ1) is 12.2. The molecule has 1 aliphatic carbocycles. The fraction of sp³-hybridized carbons (Fsp3) is 0.455. The number of halogens is 1. The van der Waals surface area contributed by atoms with E-state index in [1.54, 1.807) is 0 Å². The van der Waals surface area contributed by atoms with Crippen LogP contribution in [0.3, 0.4) is 0 Å². The van der Waals surface area contributed by atoms with Crippen LogP contribution in [0.1, 0.15) is 55.2 Å². The normalized spacial score (nSPS) is 20.4. The van der Waals surface area contributed by atoms with E-state index in [1.807, 2.05) is 25.1 Å². The van der Waals surface area contributed by atoms with Crippen LogP contribution >= 0.6 is 11.6 Å². The van der Waals surface area contributed by atoms with E-state index in [0.29, 0.717) is 25.0 Å². The van der Waals surface area contributed by atoms with Crippen molar-refractivity contribution in [3.05, 3.63) is 64.2 Å². The standard InChI is InChI=1S/C22H27ClO2/c1-2-25-21-9-6-16(7-10-21)12-20-14-19(8-11-22(20)23)18-5-3-4-17(13-18)15-24/h6-11,14,17-18,24H,2-5,12-13,15H2,1H3. The van der Waals surface area contributed by atoms with Crippen molar-refractivity contribution in [2.75, 3.05) is 13.2 Å². The summed E-state index contributed by atoms with van der Waals surface area (Å²) in [6.45, 7) is 2.98. The molecule has 0 amide bonds. The van der Waals surface area contributed by atoms with Gasteiger partial charge in [-0.1, -0.05) is 42.3 Å². The fourth-order valence-electron chi connectivity index (χ4n) is 3.83. The van der Waals surface area contributed by atoms with Gasteiger partial charge in [-0.3, -0.25) is 0 Å². The Bertz CT molecular complexity index is 681. The molecule has 0 aromatic heterocycles. The van der Waals surface area contributed by atoms with Crippen LogP contribution in [0.5, 0.6) is 5.75 Å². The molecule has 3 heteroatoms. The van der Waals surface area contributed by atoms with E-state index in [2.05, 4.69) is 24.3 Å². The molecule has 0 radical (unpaired) electrons. The van der Waals surface area contributed by atoms with Gasteiger partial charge in [-0.2, -0.15) is 0 Å². The van der Waals surface area contributed by atoms with Gasteiger partial charge in [0.25, 0.3) is 0 Å². The maximum Gasteiger partial charge on any atom is 0.119 e. The maximum atomic E-state index is 9.48. The Hall–Kier alpha value is -1.51. The van der Waals surface area contributed by atoms with E-state index in [4.69, 9.17) is 16.3 Å². The first kappa shape index (κ1) is 18.3. The molecule has 0 heterocycles. The molecule has 134 valence electrons. The summed E-state index contributed by atoms with van der Waals surface area (Å²) < 4.78 is 5.51. The van der Waals surface area contributed by atoms with E-state index in [9.17, 15) is 5.11 Å². The summed E-state index contributed by atoms with van der Waals surface area (Å²) in [7, 11) is 0. The molecule has 1 fully saturated rings. The van der Waals surface area contributed by atoms with E-state index in [0.717, 1.165) is 30.0 Å². The molecule has 0 saturated heterocycles. The largest absolute Gasteiger partial charge is 0.494 e. The molecule has 1 saturated carbocycles. The summed E-state index contributed by atoms with van der Waals surface area (Å²) in [4.78, 5) is 0. The second kappa shape index (κ2) is 8.73. The van der Waals surface area contributed by atoms with Gasteiger partial charge in [0, 0.05) is 11.6 Å². The first-order valence-electron chi connectivity index (χ1n) is 9.30. The SMILES string of the molecule is CCOc1ccc(Cc2cc(C3CCCC(CO)C3)ccc2Cl)cc1. The molecule has 2 nitrogen and oxygen atoms in total. The Kier molecular flexibility index (Phi) is 6.39. The van der Waals surface area contributed by atoms with Crippen LogP contribution in [0.25, 0.3) is 0 Å². The third-order valence-corrected chi connectivity index (χ3v) is 5.58. The van der Waals surface area contributed by atoms with Gasteiger partial charge < -0.3 is 9.84 Å². The van der Waals surface area contributed by atoms with Gasteiger partial charge in [0.15, 0.2) is 0 Å². The quantitative estimate of drug-likeness (QED) is 0.728. The van der Waals surface area contributed by atoms with E-state index in [-0.39, 0.29) is 0 Å². The third kappa shape index (κ3) is 4.77. The van der Waals surface area contributed by atoms with Crippen molar-refractivity contribution in [1.82, 2.24) is 0 Å². The minimum Gasteiger partial charge on any atom is -0.494 e. The van der Waals surface area contributed by atoms with Crippen LogP contribution in [0.4, 0.5) is 0 Å². The Labute approximate surface area is 155 Å². The number of aliphatic hydroxyl groups is 1. The zero-order valence-electron chi connectivity index (χ0n) is 14.9. The highest BCUT2D eigenvalue weighted by Crippen LogP contribution is 2.37. The predicted molar refractivity (Wildman–Crippen MR) is 104 cm³/mol. The van der Waals surface area contributed by atoms with Crippen LogP contribution < -0.4 is 4.74 Å². The van der Waals surface area contributed by atoms with Crippen LogP contribution in [0.15, 0.2) is 42.5 Å². The molecular formula is C22H27ClO2. The van der Waals surface area contributed by atoms with Crippen LogP contribution in [-0.2, 0) is 6.42 Å². The van der Waals surface area contributed by atoms with Crippen molar-refractivity contribution in [2.24, 2.45) is 5.92 Å². The topological polar surface area (TPSA) is 29.5 Å². The van der Waals surface area contributed by atoms with Crippen molar-refractivity contribution >= 4 is 11.6 Å². The second-order valence-corrected chi connectivity index (χ2v) is 7.42. The zero-order chi connectivity index (χ0) is 17.6. The number of ether oxygens (including phenoxy) is 1. The highest BCUT2D eigenvalue weighted by molar-refractivity contribution is 6.31. The lowest BCUT2D eigenvalue weighted by atomic mass is 9.78. The van der Waals surface area contributed by atoms with E-state index in [1.165, 1.54) is 29.5 Å². The summed E-state index contributed by atoms with van der Waals surface area (Å²) in [6, 6.07) is 14.7. The number of hydrogen-bond acceptors (Lipinski definition) is 2. The number of rotatable bonds is 6. The average molecular weight is 359 g/mol. The van der Waals surface area contributed by atoms with E-state index >= 15 is 0 Å². The van der Waals surface area contributed by atoms with Crippen molar-refractivity contribution in [3.63, 3.8) is 0 Å². The highest BCUT2D eigenvalue weighted by atomic mass is 35.5. The molecule has 2 unspecified atom stereocenters. The maximum absolute atomic E-state index is 9.48. The fourth-order valence-corrected chi connectivity index (χ4v) is 4.02. The molecule has 25 heavy (non-hydrogen) atoms. The highest BCUT2D eigenvalue weighted by Gasteiger charge is 2.23. The van der Waals surface area contributed by atoms with Gasteiger partial charge >= 0.3 is 0 Å². The molecule has 1 N–H and O–H groups in total. The van der Waals surface area contributed by atoms with Gasteiger partial charge in [-0.25, -0.2) is 0 Å². The molecule has 2 aromatic rings. The minimum atomic E-state index is 0.309. The first-order valence-corrected chi connectivity index (χ1v) is 9.68. The Morgan fingerprint density at radius 3 is 2.64 bits per heavy atom. The van der Waals surface area contributed by atoms with Crippen molar-refractivity contribution in [2.45, 2.75) is 44.9 Å². The molecule has 0 aliphatic heterocycles. The Balaban J connectivity index is 1.75. The Morgan fingerprint density at radius 1 is 1.12 bits per heavy atom. The van der Waals surface area contributed by atoms with E-state index < -0.39 is 0 Å².